The van der Waals surface area contributed by atoms with Crippen LogP contribution in [0.3, 0.4) is 0 Å². The van der Waals surface area contributed by atoms with E-state index in [0.29, 0.717) is 6.10 Å². The monoisotopic (exact) mass is 209 g/mol. The highest BCUT2D eigenvalue weighted by molar-refractivity contribution is 7.99. The van der Waals surface area contributed by atoms with E-state index in [2.05, 4.69) is 24.0 Å². The van der Waals surface area contributed by atoms with E-state index >= 15 is 0 Å². The first kappa shape index (κ1) is 9.99. The number of hydrogen-bond acceptors (Lipinski definition) is 3. The Morgan fingerprint density at radius 1 is 1.57 bits per heavy atom. The zero-order valence-electron chi connectivity index (χ0n) is 8.40. The maximum atomic E-state index is 5.55. The molecule has 0 N–H and O–H groups in total. The van der Waals surface area contributed by atoms with Gasteiger partial charge in [0.1, 0.15) is 0 Å². The number of nitrogens with zero attached hydrogens (tertiary/aromatic N) is 1. The van der Waals surface area contributed by atoms with Crippen molar-refractivity contribution in [2.45, 2.75) is 30.9 Å². The summed E-state index contributed by atoms with van der Waals surface area (Å²) in [5, 5.41) is 1.10. The van der Waals surface area contributed by atoms with Gasteiger partial charge in [-0.1, -0.05) is 6.07 Å². The maximum absolute atomic E-state index is 5.55. The quantitative estimate of drug-likeness (QED) is 0.714. The van der Waals surface area contributed by atoms with Crippen LogP contribution in [0.25, 0.3) is 0 Å². The molecule has 0 amide bonds. The second kappa shape index (κ2) is 4.80. The lowest BCUT2D eigenvalue weighted by molar-refractivity contribution is 0.129. The van der Waals surface area contributed by atoms with E-state index in [0.717, 1.165) is 17.4 Å². The number of ether oxygens (including phenoxy) is 1. The van der Waals surface area contributed by atoms with Gasteiger partial charge in [-0.05, 0) is 31.4 Å². The third-order valence-electron chi connectivity index (χ3n) is 2.33. The third kappa shape index (κ3) is 2.72. The lowest BCUT2D eigenvalue weighted by Gasteiger charge is -2.07. The smallest absolute Gasteiger partial charge is 0.0960 e. The summed E-state index contributed by atoms with van der Waals surface area (Å²) in [6.45, 7) is 2.99. The summed E-state index contributed by atoms with van der Waals surface area (Å²) < 4.78 is 5.55. The summed E-state index contributed by atoms with van der Waals surface area (Å²) in [4.78, 5) is 4.35. The van der Waals surface area contributed by atoms with Crippen molar-refractivity contribution in [2.75, 3.05) is 12.4 Å². The van der Waals surface area contributed by atoms with Crippen LogP contribution in [0.5, 0.6) is 0 Å². The van der Waals surface area contributed by atoms with Crippen molar-refractivity contribution in [3.05, 3.63) is 23.9 Å². The Balaban J connectivity index is 1.82. The van der Waals surface area contributed by atoms with Crippen molar-refractivity contribution in [3.63, 3.8) is 0 Å². The predicted octanol–water partition coefficient (Wildman–Crippen LogP) is 2.66. The van der Waals surface area contributed by atoms with Gasteiger partial charge in [0.05, 0.1) is 11.1 Å². The summed E-state index contributed by atoms with van der Waals surface area (Å²) in [6.07, 6.45) is 4.78. The molecule has 76 valence electrons. The van der Waals surface area contributed by atoms with Crippen LogP contribution in [0.1, 0.15) is 18.4 Å². The molecule has 1 saturated heterocycles. The van der Waals surface area contributed by atoms with Crippen molar-refractivity contribution in [1.29, 1.82) is 0 Å². The summed E-state index contributed by atoms with van der Waals surface area (Å²) in [5.41, 5.74) is 1.21. The van der Waals surface area contributed by atoms with E-state index in [1.54, 1.807) is 11.8 Å². The second-order valence-electron chi connectivity index (χ2n) is 3.62. The molecule has 0 unspecified atom stereocenters. The van der Waals surface area contributed by atoms with Gasteiger partial charge < -0.3 is 4.74 Å². The molecule has 1 fully saturated rings. The predicted molar refractivity (Wildman–Crippen MR) is 58.7 cm³/mol. The van der Waals surface area contributed by atoms with E-state index in [1.807, 2.05) is 6.20 Å². The van der Waals surface area contributed by atoms with Gasteiger partial charge >= 0.3 is 0 Å². The molecule has 1 aliphatic heterocycles. The van der Waals surface area contributed by atoms with Gasteiger partial charge in [-0.15, -0.1) is 11.8 Å². The third-order valence-corrected chi connectivity index (χ3v) is 3.40. The minimum Gasteiger partial charge on any atom is -0.377 e. The Morgan fingerprint density at radius 3 is 3.14 bits per heavy atom. The largest absolute Gasteiger partial charge is 0.377 e. The molecule has 0 saturated carbocycles. The van der Waals surface area contributed by atoms with E-state index in [-0.39, 0.29) is 0 Å². The normalized spacial score (nSPS) is 21.4. The SMILES string of the molecule is Cc1ccc(SC[C@H]2CCCO2)nc1. The van der Waals surface area contributed by atoms with Crippen LogP contribution in [0.2, 0.25) is 0 Å². The first-order chi connectivity index (χ1) is 6.84. The number of rotatable bonds is 3. The van der Waals surface area contributed by atoms with Crippen LogP contribution in [-0.4, -0.2) is 23.4 Å². The van der Waals surface area contributed by atoms with Crippen LogP contribution in [-0.2, 0) is 4.74 Å². The van der Waals surface area contributed by atoms with Gasteiger partial charge in [0.25, 0.3) is 0 Å². The summed E-state index contributed by atoms with van der Waals surface area (Å²) >= 11 is 1.79. The fourth-order valence-electron chi connectivity index (χ4n) is 1.49. The molecule has 0 aliphatic carbocycles. The highest BCUT2D eigenvalue weighted by Crippen LogP contribution is 2.22. The van der Waals surface area contributed by atoms with E-state index in [4.69, 9.17) is 4.74 Å². The molecular weight excluding hydrogens is 194 g/mol. The molecule has 1 aromatic rings. The van der Waals surface area contributed by atoms with Crippen molar-refractivity contribution < 1.29 is 4.74 Å². The molecule has 1 aromatic heterocycles. The minimum absolute atomic E-state index is 0.447. The molecular formula is C11H15NOS. The number of hydrogen-bond donors (Lipinski definition) is 0. The topological polar surface area (TPSA) is 22.1 Å². The summed E-state index contributed by atoms with van der Waals surface area (Å²) in [5.74, 6) is 1.04. The second-order valence-corrected chi connectivity index (χ2v) is 4.66. The fourth-order valence-corrected chi connectivity index (χ4v) is 2.40. The standard InChI is InChI=1S/C11H15NOS/c1-9-4-5-11(12-7-9)14-8-10-3-2-6-13-10/h4-5,7,10H,2-3,6,8H2,1H3/t10-/m1/s1. The first-order valence-electron chi connectivity index (χ1n) is 5.01. The Hall–Kier alpha value is -0.540. The minimum atomic E-state index is 0.447. The molecule has 1 atom stereocenters. The van der Waals surface area contributed by atoms with Crippen molar-refractivity contribution in [1.82, 2.24) is 4.98 Å². The lowest BCUT2D eigenvalue weighted by atomic mass is 10.3. The van der Waals surface area contributed by atoms with Gasteiger partial charge in [-0.3, -0.25) is 0 Å². The summed E-state index contributed by atoms with van der Waals surface area (Å²) in [7, 11) is 0. The summed E-state index contributed by atoms with van der Waals surface area (Å²) in [6, 6.07) is 4.18. The highest BCUT2D eigenvalue weighted by atomic mass is 32.2. The van der Waals surface area contributed by atoms with Crippen molar-refractivity contribution in [2.24, 2.45) is 0 Å². The number of aromatic nitrogens is 1. The van der Waals surface area contributed by atoms with E-state index in [9.17, 15) is 0 Å². The zero-order valence-corrected chi connectivity index (χ0v) is 9.22. The number of aryl methyl sites for hydroxylation is 1. The van der Waals surface area contributed by atoms with E-state index in [1.165, 1.54) is 18.4 Å². The molecule has 2 heterocycles. The fraction of sp³-hybridized carbons (Fsp3) is 0.545. The molecule has 2 nitrogen and oxygen atoms in total. The average Bonchev–Trinajstić information content (AvgIpc) is 2.70. The highest BCUT2D eigenvalue weighted by Gasteiger charge is 2.15. The molecule has 2 rings (SSSR count). The van der Waals surface area contributed by atoms with Crippen molar-refractivity contribution >= 4 is 11.8 Å². The number of thioether (sulfide) groups is 1. The van der Waals surface area contributed by atoms with Crippen LogP contribution >= 0.6 is 11.8 Å². The van der Waals surface area contributed by atoms with Crippen LogP contribution in [0.4, 0.5) is 0 Å². The van der Waals surface area contributed by atoms with Crippen LogP contribution in [0.15, 0.2) is 23.4 Å². The molecule has 14 heavy (non-hydrogen) atoms. The Morgan fingerprint density at radius 2 is 2.50 bits per heavy atom. The maximum Gasteiger partial charge on any atom is 0.0960 e. The Labute approximate surface area is 89.1 Å². The Kier molecular flexibility index (Phi) is 3.43. The zero-order chi connectivity index (χ0) is 9.80. The van der Waals surface area contributed by atoms with Gasteiger partial charge in [-0.2, -0.15) is 0 Å². The van der Waals surface area contributed by atoms with Gasteiger partial charge in [-0.25, -0.2) is 4.98 Å². The molecule has 0 bridgehead atoms. The molecule has 1 aliphatic rings. The molecule has 0 radical (unpaired) electrons. The van der Waals surface area contributed by atoms with Gasteiger partial charge in [0.2, 0.25) is 0 Å². The van der Waals surface area contributed by atoms with Crippen LogP contribution < -0.4 is 0 Å². The average molecular weight is 209 g/mol. The lowest BCUT2D eigenvalue weighted by Crippen LogP contribution is -2.07. The van der Waals surface area contributed by atoms with Gasteiger partial charge in [0.15, 0.2) is 0 Å². The van der Waals surface area contributed by atoms with E-state index < -0.39 is 0 Å². The molecule has 0 aromatic carbocycles. The first-order valence-corrected chi connectivity index (χ1v) is 6.00. The van der Waals surface area contributed by atoms with Gasteiger partial charge in [0, 0.05) is 18.6 Å². The number of pyridine rings is 1. The Bertz CT molecular complexity index is 280. The molecule has 3 heteroatoms. The van der Waals surface area contributed by atoms with Crippen molar-refractivity contribution in [3.8, 4) is 0 Å². The van der Waals surface area contributed by atoms with Crippen LogP contribution in [0, 0.1) is 6.92 Å². The molecule has 0 spiro atoms.